The Labute approximate surface area is 212 Å². The van der Waals surface area contributed by atoms with E-state index in [1.165, 1.54) is 16.6 Å². The van der Waals surface area contributed by atoms with Gasteiger partial charge in [0.25, 0.3) is 0 Å². The van der Waals surface area contributed by atoms with Crippen LogP contribution < -0.4 is 10.2 Å². The van der Waals surface area contributed by atoms with Crippen LogP contribution >= 0.6 is 0 Å². The highest BCUT2D eigenvalue weighted by Gasteiger charge is 2.41. The smallest absolute Gasteiger partial charge is 0.172 e. The Morgan fingerprint density at radius 2 is 1.64 bits per heavy atom. The van der Waals surface area contributed by atoms with Crippen molar-refractivity contribution in [2.45, 2.75) is 30.0 Å². The number of aromatic nitrogens is 1. The van der Waals surface area contributed by atoms with Gasteiger partial charge in [-0.05, 0) is 48.2 Å². The maximum atomic E-state index is 14.0. The number of hydrogen-bond donors (Lipinski definition) is 2. The summed E-state index contributed by atoms with van der Waals surface area (Å²) in [6, 6.07) is 26.1. The molecule has 6 nitrogen and oxygen atoms in total. The van der Waals surface area contributed by atoms with E-state index < -0.39 is 15.2 Å². The van der Waals surface area contributed by atoms with E-state index in [-0.39, 0.29) is 11.8 Å². The maximum absolute atomic E-state index is 14.0. The third-order valence-electron chi connectivity index (χ3n) is 7.59. The summed E-state index contributed by atoms with van der Waals surface area (Å²) in [6.07, 6.45) is 3.67. The molecule has 2 N–H and O–H groups in total. The molecule has 7 heteroatoms. The highest BCUT2D eigenvalue weighted by Crippen LogP contribution is 2.32. The van der Waals surface area contributed by atoms with Crippen LogP contribution in [-0.4, -0.2) is 55.9 Å². The molecule has 6 rings (SSSR count). The number of nitrogens with zero attached hydrogens (tertiary/aromatic N) is 2. The normalized spacial score (nSPS) is 19.6. The Morgan fingerprint density at radius 1 is 0.861 bits per heavy atom. The van der Waals surface area contributed by atoms with Crippen molar-refractivity contribution in [2.75, 3.05) is 36.4 Å². The summed E-state index contributed by atoms with van der Waals surface area (Å²) in [5.41, 5.74) is 5.51. The summed E-state index contributed by atoms with van der Waals surface area (Å²) in [5, 5.41) is 4.25. The molecule has 0 saturated carbocycles. The van der Waals surface area contributed by atoms with E-state index in [1.807, 2.05) is 42.6 Å². The van der Waals surface area contributed by atoms with Gasteiger partial charge in [-0.25, -0.2) is 8.42 Å². The highest BCUT2D eigenvalue weighted by atomic mass is 32.2. The molecule has 0 bridgehead atoms. The lowest BCUT2D eigenvalue weighted by Crippen LogP contribution is -2.58. The summed E-state index contributed by atoms with van der Waals surface area (Å²) >= 11 is 0. The summed E-state index contributed by atoms with van der Waals surface area (Å²) in [7, 11) is -3.45. The summed E-state index contributed by atoms with van der Waals surface area (Å²) in [5.74, 6) is 0.0568. The van der Waals surface area contributed by atoms with Crippen LogP contribution in [0, 0.1) is 0 Å². The zero-order chi connectivity index (χ0) is 24.5. The van der Waals surface area contributed by atoms with Gasteiger partial charge in [-0.15, -0.1) is 0 Å². The fraction of sp³-hybridized carbons (Fsp3) is 0.310. The molecule has 36 heavy (non-hydrogen) atoms. The van der Waals surface area contributed by atoms with Crippen molar-refractivity contribution in [1.82, 2.24) is 9.88 Å². The van der Waals surface area contributed by atoms with Gasteiger partial charge in [0.1, 0.15) is 5.37 Å². The molecule has 186 valence electrons. The first-order valence-corrected chi connectivity index (χ1v) is 14.4. The van der Waals surface area contributed by atoms with Crippen molar-refractivity contribution in [2.24, 2.45) is 0 Å². The Kier molecular flexibility index (Phi) is 6.19. The lowest BCUT2D eigenvalue weighted by Gasteiger charge is -2.44. The highest BCUT2D eigenvalue weighted by molar-refractivity contribution is 7.91. The average molecular weight is 501 g/mol. The number of aryl methyl sites for hydroxylation is 1. The number of piperazine rings is 1. The van der Waals surface area contributed by atoms with E-state index in [1.54, 1.807) is 0 Å². The van der Waals surface area contributed by atoms with Crippen molar-refractivity contribution in [1.29, 1.82) is 0 Å². The molecule has 3 heterocycles. The molecule has 0 aliphatic carbocycles. The lowest BCUT2D eigenvalue weighted by molar-refractivity contribution is 0.212. The second kappa shape index (κ2) is 9.64. The lowest BCUT2D eigenvalue weighted by atomic mass is 9.97. The number of anilines is 2. The van der Waals surface area contributed by atoms with Crippen LogP contribution in [0.15, 0.2) is 85.1 Å². The number of sulfone groups is 1. The van der Waals surface area contributed by atoms with Crippen LogP contribution in [0.5, 0.6) is 0 Å². The Morgan fingerprint density at radius 3 is 2.47 bits per heavy atom. The van der Waals surface area contributed by atoms with E-state index in [0.29, 0.717) is 13.1 Å². The van der Waals surface area contributed by atoms with E-state index >= 15 is 0 Å². The summed E-state index contributed by atoms with van der Waals surface area (Å²) in [4.78, 5) is 7.89. The molecule has 2 aliphatic heterocycles. The predicted octanol–water partition coefficient (Wildman–Crippen LogP) is 4.66. The van der Waals surface area contributed by atoms with Gasteiger partial charge >= 0.3 is 0 Å². The zero-order valence-electron chi connectivity index (χ0n) is 20.3. The number of aromatic amines is 1. The van der Waals surface area contributed by atoms with Gasteiger partial charge in [0, 0.05) is 54.7 Å². The van der Waals surface area contributed by atoms with Crippen LogP contribution in [0.25, 0.3) is 10.9 Å². The molecule has 0 amide bonds. The number of benzene rings is 3. The summed E-state index contributed by atoms with van der Waals surface area (Å²) < 4.78 is 28.0. The number of rotatable bonds is 6. The molecule has 2 atom stereocenters. The average Bonchev–Trinajstić information content (AvgIpc) is 3.39. The van der Waals surface area contributed by atoms with Gasteiger partial charge in [0.2, 0.25) is 0 Å². The van der Waals surface area contributed by atoms with Crippen LogP contribution in [0.3, 0.4) is 0 Å². The minimum Gasteiger partial charge on any atom is -0.379 e. The van der Waals surface area contributed by atoms with Gasteiger partial charge in [-0.2, -0.15) is 0 Å². The SMILES string of the molecule is O=S(=O)(Cc1ccccc1)C(C1CCc2ccccc2N1)N1CCN(c2cccc3[nH]ccc23)CC1. The molecule has 0 radical (unpaired) electrons. The fourth-order valence-electron chi connectivity index (χ4n) is 5.86. The van der Waals surface area contributed by atoms with Crippen molar-refractivity contribution in [3.63, 3.8) is 0 Å². The maximum Gasteiger partial charge on any atom is 0.172 e. The molecule has 1 saturated heterocycles. The van der Waals surface area contributed by atoms with Gasteiger partial charge in [-0.1, -0.05) is 54.6 Å². The largest absolute Gasteiger partial charge is 0.379 e. The van der Waals surface area contributed by atoms with Crippen LogP contribution in [0.1, 0.15) is 17.5 Å². The first-order chi connectivity index (χ1) is 17.6. The molecule has 4 aromatic rings. The monoisotopic (exact) mass is 500 g/mol. The molecule has 2 unspecified atom stereocenters. The number of fused-ring (bicyclic) bond motifs is 2. The predicted molar refractivity (Wildman–Crippen MR) is 147 cm³/mol. The Balaban J connectivity index is 1.27. The first kappa shape index (κ1) is 23.1. The standard InChI is InChI=1S/C29H32N4O2S/c34-36(35,21-22-7-2-1-3-8-22)29(27-14-13-23-9-4-5-10-25(23)31-27)33-19-17-32(18-20-33)28-12-6-11-26-24(28)15-16-30-26/h1-12,15-16,27,29-31H,13-14,17-21H2. The number of H-pyrrole nitrogens is 1. The number of hydrogen-bond acceptors (Lipinski definition) is 5. The van der Waals surface area contributed by atoms with Crippen LogP contribution in [0.4, 0.5) is 11.4 Å². The Bertz CT molecular complexity index is 1440. The third-order valence-corrected chi connectivity index (χ3v) is 9.69. The summed E-state index contributed by atoms with van der Waals surface area (Å²) in [6.45, 7) is 3.01. The molecule has 3 aromatic carbocycles. The number of nitrogens with one attached hydrogen (secondary N) is 2. The van der Waals surface area contributed by atoms with Gasteiger partial charge in [0.05, 0.1) is 11.8 Å². The van der Waals surface area contributed by atoms with Crippen molar-refractivity contribution in [3.8, 4) is 0 Å². The minimum absolute atomic E-state index is 0.0568. The van der Waals surface area contributed by atoms with Crippen molar-refractivity contribution < 1.29 is 8.42 Å². The molecule has 2 aliphatic rings. The molecule has 1 fully saturated rings. The second-order valence-electron chi connectivity index (χ2n) is 9.87. The second-order valence-corrected chi connectivity index (χ2v) is 12.0. The van der Waals surface area contributed by atoms with E-state index in [9.17, 15) is 8.42 Å². The van der Waals surface area contributed by atoms with Crippen LogP contribution in [0.2, 0.25) is 0 Å². The zero-order valence-corrected chi connectivity index (χ0v) is 21.1. The minimum atomic E-state index is -3.45. The molecule has 0 spiro atoms. The quantitative estimate of drug-likeness (QED) is 0.403. The van der Waals surface area contributed by atoms with Gasteiger partial charge < -0.3 is 15.2 Å². The third kappa shape index (κ3) is 4.49. The fourth-order valence-corrected chi connectivity index (χ4v) is 8.06. The van der Waals surface area contributed by atoms with Crippen LogP contribution in [-0.2, 0) is 22.0 Å². The van der Waals surface area contributed by atoms with E-state index in [0.717, 1.165) is 42.7 Å². The van der Waals surface area contributed by atoms with E-state index in [2.05, 4.69) is 62.6 Å². The Hall–Kier alpha value is -3.29. The van der Waals surface area contributed by atoms with Crippen molar-refractivity contribution >= 4 is 32.1 Å². The van der Waals surface area contributed by atoms with E-state index in [4.69, 9.17) is 0 Å². The molecular weight excluding hydrogens is 468 g/mol. The van der Waals surface area contributed by atoms with Gasteiger partial charge in [0.15, 0.2) is 9.84 Å². The molecular formula is C29H32N4O2S. The topological polar surface area (TPSA) is 68.4 Å². The first-order valence-electron chi connectivity index (χ1n) is 12.7. The molecule has 1 aromatic heterocycles. The van der Waals surface area contributed by atoms with Gasteiger partial charge in [-0.3, -0.25) is 4.90 Å². The number of para-hydroxylation sites is 1. The van der Waals surface area contributed by atoms with Crippen molar-refractivity contribution in [3.05, 3.63) is 96.2 Å².